The van der Waals surface area contributed by atoms with Crippen molar-refractivity contribution in [3.05, 3.63) is 46.5 Å². The molecule has 0 saturated heterocycles. The Labute approximate surface area is 97.7 Å². The van der Waals surface area contributed by atoms with Crippen LogP contribution in [0.2, 0.25) is 0 Å². The molecule has 0 aliphatic carbocycles. The van der Waals surface area contributed by atoms with Gasteiger partial charge in [-0.25, -0.2) is 4.79 Å². The van der Waals surface area contributed by atoms with Gasteiger partial charge in [-0.15, -0.1) is 6.58 Å². The van der Waals surface area contributed by atoms with Crippen molar-refractivity contribution in [1.82, 2.24) is 0 Å². The van der Waals surface area contributed by atoms with Crippen LogP contribution in [0.5, 0.6) is 0 Å². The molecular formula is C11H12N2O4. The van der Waals surface area contributed by atoms with Crippen molar-refractivity contribution in [2.45, 2.75) is 6.42 Å². The number of hydrogen-bond acceptors (Lipinski definition) is 4. The Morgan fingerprint density at radius 2 is 2.29 bits per heavy atom. The third-order valence-corrected chi connectivity index (χ3v) is 2.10. The molecule has 0 heterocycles. The molecule has 0 saturated carbocycles. The number of nitrogens with one attached hydrogen (secondary N) is 1. The van der Waals surface area contributed by atoms with Crippen molar-refractivity contribution in [2.75, 3.05) is 11.9 Å². The van der Waals surface area contributed by atoms with Gasteiger partial charge >= 0.3 is 5.97 Å². The van der Waals surface area contributed by atoms with Gasteiger partial charge in [0.2, 0.25) is 0 Å². The third-order valence-electron chi connectivity index (χ3n) is 2.10. The molecule has 0 radical (unpaired) electrons. The van der Waals surface area contributed by atoms with Gasteiger partial charge in [-0.1, -0.05) is 6.08 Å². The number of hydrogen-bond donors (Lipinski definition) is 2. The standard InChI is InChI=1S/C11H12N2O4/c1-2-3-6-12-8-4-5-9(11(14)15)10(7-8)13(16)17/h2,4-5,7,12H,1,3,6H2,(H,14,15). The first kappa shape index (κ1) is 12.7. The van der Waals surface area contributed by atoms with Gasteiger partial charge in [0, 0.05) is 18.3 Å². The third kappa shape index (κ3) is 3.30. The fraction of sp³-hybridized carbons (Fsp3) is 0.182. The van der Waals surface area contributed by atoms with Gasteiger partial charge in [0.1, 0.15) is 5.56 Å². The number of rotatable bonds is 6. The molecule has 17 heavy (non-hydrogen) atoms. The normalized spacial score (nSPS) is 9.65. The van der Waals surface area contributed by atoms with Crippen LogP contribution >= 0.6 is 0 Å². The Bertz CT molecular complexity index is 457. The molecule has 0 fully saturated rings. The number of nitro benzene ring substituents is 1. The summed E-state index contributed by atoms with van der Waals surface area (Å²) in [6.45, 7) is 4.14. The molecule has 1 aromatic carbocycles. The lowest BCUT2D eigenvalue weighted by Crippen LogP contribution is -2.05. The molecule has 0 amide bonds. The maximum Gasteiger partial charge on any atom is 0.342 e. The lowest BCUT2D eigenvalue weighted by atomic mass is 10.1. The monoisotopic (exact) mass is 236 g/mol. The van der Waals surface area contributed by atoms with E-state index in [1.165, 1.54) is 18.2 Å². The Kier molecular flexibility index (Phi) is 4.21. The molecule has 0 bridgehead atoms. The van der Waals surface area contributed by atoms with Crippen LogP contribution < -0.4 is 5.32 Å². The van der Waals surface area contributed by atoms with Gasteiger partial charge in [0.25, 0.3) is 5.69 Å². The highest BCUT2D eigenvalue weighted by Gasteiger charge is 2.19. The van der Waals surface area contributed by atoms with E-state index in [0.29, 0.717) is 18.7 Å². The van der Waals surface area contributed by atoms with E-state index in [-0.39, 0.29) is 5.56 Å². The van der Waals surface area contributed by atoms with E-state index >= 15 is 0 Å². The number of carboxylic acids is 1. The quantitative estimate of drug-likeness (QED) is 0.342. The van der Waals surface area contributed by atoms with E-state index < -0.39 is 16.6 Å². The first-order chi connectivity index (χ1) is 8.06. The predicted octanol–water partition coefficient (Wildman–Crippen LogP) is 2.28. The Balaban J connectivity index is 2.97. The van der Waals surface area contributed by atoms with Crippen LogP contribution in [0.1, 0.15) is 16.8 Å². The second-order valence-electron chi connectivity index (χ2n) is 3.30. The van der Waals surface area contributed by atoms with Crippen LogP contribution in [0, 0.1) is 10.1 Å². The molecule has 0 aromatic heterocycles. The maximum absolute atomic E-state index is 10.8. The highest BCUT2D eigenvalue weighted by Crippen LogP contribution is 2.23. The zero-order chi connectivity index (χ0) is 12.8. The van der Waals surface area contributed by atoms with Gasteiger partial charge in [-0.3, -0.25) is 10.1 Å². The molecular weight excluding hydrogens is 224 g/mol. The zero-order valence-electron chi connectivity index (χ0n) is 9.05. The summed E-state index contributed by atoms with van der Waals surface area (Å²) in [5.74, 6) is -1.31. The molecule has 0 atom stereocenters. The fourth-order valence-corrected chi connectivity index (χ4v) is 1.29. The largest absolute Gasteiger partial charge is 0.477 e. The van der Waals surface area contributed by atoms with E-state index in [1.807, 2.05) is 0 Å². The molecule has 2 N–H and O–H groups in total. The minimum absolute atomic E-state index is 0.315. The van der Waals surface area contributed by atoms with Crippen LogP contribution in [0.4, 0.5) is 11.4 Å². The van der Waals surface area contributed by atoms with E-state index in [1.54, 1.807) is 6.08 Å². The minimum atomic E-state index is -1.31. The maximum atomic E-state index is 10.8. The molecule has 90 valence electrons. The fourth-order valence-electron chi connectivity index (χ4n) is 1.29. The number of carbonyl (C=O) groups is 1. The van der Waals surface area contributed by atoms with E-state index in [0.717, 1.165) is 0 Å². The molecule has 6 nitrogen and oxygen atoms in total. The van der Waals surface area contributed by atoms with Crippen molar-refractivity contribution in [3.63, 3.8) is 0 Å². The number of anilines is 1. The second kappa shape index (κ2) is 5.64. The summed E-state index contributed by atoms with van der Waals surface area (Å²) in [7, 11) is 0. The summed E-state index contributed by atoms with van der Waals surface area (Å²) in [5, 5.41) is 22.4. The van der Waals surface area contributed by atoms with E-state index in [9.17, 15) is 14.9 Å². The molecule has 1 aromatic rings. The molecule has 0 unspecified atom stereocenters. The summed E-state index contributed by atoms with van der Waals surface area (Å²) in [6, 6.07) is 3.93. The molecule has 0 aliphatic heterocycles. The summed E-state index contributed by atoms with van der Waals surface area (Å²) in [4.78, 5) is 20.8. The zero-order valence-corrected chi connectivity index (χ0v) is 9.05. The molecule has 1 rings (SSSR count). The minimum Gasteiger partial charge on any atom is -0.477 e. The van der Waals surface area contributed by atoms with Crippen LogP contribution in [0.15, 0.2) is 30.9 Å². The van der Waals surface area contributed by atoms with Crippen molar-refractivity contribution >= 4 is 17.3 Å². The lowest BCUT2D eigenvalue weighted by Gasteiger charge is -2.05. The van der Waals surface area contributed by atoms with E-state index in [2.05, 4.69) is 11.9 Å². The van der Waals surface area contributed by atoms with Gasteiger partial charge < -0.3 is 10.4 Å². The van der Waals surface area contributed by atoms with Crippen molar-refractivity contribution in [3.8, 4) is 0 Å². The van der Waals surface area contributed by atoms with Crippen LogP contribution in [0.3, 0.4) is 0 Å². The number of benzene rings is 1. The summed E-state index contributed by atoms with van der Waals surface area (Å²) < 4.78 is 0. The predicted molar refractivity (Wildman–Crippen MR) is 63.4 cm³/mol. The molecule has 0 aliphatic rings. The van der Waals surface area contributed by atoms with Gasteiger partial charge in [0.15, 0.2) is 0 Å². The topological polar surface area (TPSA) is 92.5 Å². The SMILES string of the molecule is C=CCCNc1ccc(C(=O)O)c([N+](=O)[O-])c1. The number of aromatic carboxylic acids is 1. The Morgan fingerprint density at radius 3 is 2.82 bits per heavy atom. The van der Waals surface area contributed by atoms with Crippen molar-refractivity contribution in [2.24, 2.45) is 0 Å². The first-order valence-electron chi connectivity index (χ1n) is 4.92. The van der Waals surface area contributed by atoms with Crippen LogP contribution in [0.25, 0.3) is 0 Å². The number of carboxylic acid groups (broad SMARTS) is 1. The highest BCUT2D eigenvalue weighted by atomic mass is 16.6. The van der Waals surface area contributed by atoms with Crippen molar-refractivity contribution in [1.29, 1.82) is 0 Å². The highest BCUT2D eigenvalue weighted by molar-refractivity contribution is 5.93. The molecule has 6 heteroatoms. The van der Waals surface area contributed by atoms with Gasteiger partial charge in [-0.05, 0) is 18.6 Å². The summed E-state index contributed by atoms with van der Waals surface area (Å²) in [5.41, 5.74) is -0.214. The summed E-state index contributed by atoms with van der Waals surface area (Å²) in [6.07, 6.45) is 2.43. The van der Waals surface area contributed by atoms with Crippen molar-refractivity contribution < 1.29 is 14.8 Å². The second-order valence-corrected chi connectivity index (χ2v) is 3.30. The number of nitro groups is 1. The molecule has 0 spiro atoms. The summed E-state index contributed by atoms with van der Waals surface area (Å²) >= 11 is 0. The Hall–Kier alpha value is -2.37. The van der Waals surface area contributed by atoms with Gasteiger partial charge in [-0.2, -0.15) is 0 Å². The first-order valence-corrected chi connectivity index (χ1v) is 4.92. The number of nitrogens with zero attached hydrogens (tertiary/aromatic N) is 1. The average Bonchev–Trinajstić information content (AvgIpc) is 2.29. The van der Waals surface area contributed by atoms with Gasteiger partial charge in [0.05, 0.1) is 4.92 Å². The lowest BCUT2D eigenvalue weighted by molar-refractivity contribution is -0.385. The van der Waals surface area contributed by atoms with E-state index in [4.69, 9.17) is 5.11 Å². The van der Waals surface area contributed by atoms with Crippen LogP contribution in [-0.4, -0.2) is 22.5 Å². The Morgan fingerprint density at radius 1 is 1.59 bits per heavy atom. The average molecular weight is 236 g/mol. The van der Waals surface area contributed by atoms with Crippen LogP contribution in [-0.2, 0) is 0 Å². The smallest absolute Gasteiger partial charge is 0.342 e.